The van der Waals surface area contributed by atoms with Crippen LogP contribution in [0.4, 0.5) is 10.1 Å². The van der Waals surface area contributed by atoms with E-state index in [4.69, 9.17) is 4.74 Å². The van der Waals surface area contributed by atoms with Gasteiger partial charge in [0.15, 0.2) is 6.73 Å². The van der Waals surface area contributed by atoms with E-state index in [1.165, 1.54) is 23.1 Å². The molecule has 0 bridgehead atoms. The number of anilines is 1. The minimum Gasteiger partial charge on any atom is -0.443 e. The van der Waals surface area contributed by atoms with E-state index in [1.807, 2.05) is 6.92 Å². The van der Waals surface area contributed by atoms with Gasteiger partial charge in [-0.15, -0.1) is 0 Å². The second kappa shape index (κ2) is 12.2. The Hall–Kier alpha value is -3.50. The van der Waals surface area contributed by atoms with Crippen LogP contribution in [0.2, 0.25) is 0 Å². The molecule has 3 rings (SSSR count). The van der Waals surface area contributed by atoms with Gasteiger partial charge in [0.1, 0.15) is 5.82 Å². The molecule has 0 unspecified atom stereocenters. The molecule has 1 aliphatic heterocycles. The summed E-state index contributed by atoms with van der Waals surface area (Å²) in [7, 11) is 3.48. The first-order chi connectivity index (χ1) is 17.6. The predicted octanol–water partition coefficient (Wildman–Crippen LogP) is 2.79. The molecule has 0 spiro atoms. The molecule has 0 saturated carbocycles. The van der Waals surface area contributed by atoms with Crippen molar-refractivity contribution in [2.75, 3.05) is 58.4 Å². The van der Waals surface area contributed by atoms with E-state index in [2.05, 4.69) is 29.0 Å². The number of aryl methyl sites for hydroxylation is 1. The Bertz CT molecular complexity index is 1200. The van der Waals surface area contributed by atoms with Crippen LogP contribution in [0.25, 0.3) is 11.6 Å². The van der Waals surface area contributed by atoms with Crippen LogP contribution in [0.1, 0.15) is 46.7 Å². The van der Waals surface area contributed by atoms with Crippen molar-refractivity contribution >= 4 is 35.1 Å². The average Bonchev–Trinajstić information content (AvgIpc) is 3.26. The number of benzene rings is 1. The lowest BCUT2D eigenvalue weighted by Crippen LogP contribution is -2.35. The average molecular weight is 514 g/mol. The van der Waals surface area contributed by atoms with Gasteiger partial charge in [-0.2, -0.15) is 0 Å². The quantitative estimate of drug-likeness (QED) is 0.354. The van der Waals surface area contributed by atoms with Gasteiger partial charge in [0, 0.05) is 30.0 Å². The summed E-state index contributed by atoms with van der Waals surface area (Å²) in [6, 6.07) is 4.03. The van der Waals surface area contributed by atoms with Crippen LogP contribution >= 0.6 is 0 Å². The predicted molar refractivity (Wildman–Crippen MR) is 142 cm³/mol. The Balaban J connectivity index is 1.86. The molecule has 10 heteroatoms. The van der Waals surface area contributed by atoms with Gasteiger partial charge in [-0.25, -0.2) is 4.39 Å². The molecule has 1 aliphatic rings. The number of carbonyl (C=O) groups is 3. The maximum Gasteiger partial charge on any atom is 0.321 e. The van der Waals surface area contributed by atoms with Gasteiger partial charge in [0.2, 0.25) is 0 Å². The van der Waals surface area contributed by atoms with E-state index in [0.29, 0.717) is 40.3 Å². The Kier molecular flexibility index (Phi) is 9.23. The second-order valence-corrected chi connectivity index (χ2v) is 9.28. The van der Waals surface area contributed by atoms with Gasteiger partial charge in [0.25, 0.3) is 11.8 Å². The van der Waals surface area contributed by atoms with E-state index in [9.17, 15) is 18.8 Å². The van der Waals surface area contributed by atoms with Gasteiger partial charge < -0.3 is 19.9 Å². The van der Waals surface area contributed by atoms with Crippen molar-refractivity contribution in [1.82, 2.24) is 20.1 Å². The van der Waals surface area contributed by atoms with Gasteiger partial charge >= 0.3 is 5.97 Å². The highest BCUT2D eigenvalue weighted by molar-refractivity contribution is 6.35. The summed E-state index contributed by atoms with van der Waals surface area (Å²) in [6.07, 6.45) is 1.62. The highest BCUT2D eigenvalue weighted by Crippen LogP contribution is 2.38. The van der Waals surface area contributed by atoms with Crippen molar-refractivity contribution in [3.63, 3.8) is 0 Å². The van der Waals surface area contributed by atoms with Crippen LogP contribution < -0.4 is 10.2 Å². The fourth-order valence-electron chi connectivity index (χ4n) is 4.40. The maximum atomic E-state index is 14.2. The smallest absolute Gasteiger partial charge is 0.321 e. The highest BCUT2D eigenvalue weighted by Gasteiger charge is 2.34. The SMILES string of the molecule is CCN(CC)CCNC(=O)c1c(C)[nH]c(/C=C2\C(=O)N(COC(=O)CN(C)C)c3ccc(F)cc32)c1C. The van der Waals surface area contributed by atoms with Crippen LogP contribution in [0.3, 0.4) is 0 Å². The first-order valence-electron chi connectivity index (χ1n) is 12.4. The molecule has 2 aromatic rings. The molecular formula is C27H36FN5O4. The van der Waals surface area contributed by atoms with E-state index in [-0.39, 0.29) is 24.8 Å². The van der Waals surface area contributed by atoms with E-state index in [1.54, 1.807) is 32.0 Å². The van der Waals surface area contributed by atoms with Crippen molar-refractivity contribution in [3.8, 4) is 0 Å². The number of esters is 1. The number of hydrogen-bond donors (Lipinski definition) is 2. The number of aromatic nitrogens is 1. The van der Waals surface area contributed by atoms with E-state index in [0.717, 1.165) is 19.6 Å². The van der Waals surface area contributed by atoms with Crippen molar-refractivity contribution in [3.05, 3.63) is 52.1 Å². The van der Waals surface area contributed by atoms with Crippen LogP contribution in [-0.2, 0) is 14.3 Å². The molecular weight excluding hydrogens is 477 g/mol. The fraction of sp³-hybridized carbons (Fsp3) is 0.444. The minimum absolute atomic E-state index is 0.0711. The normalized spacial score (nSPS) is 14.1. The Morgan fingerprint density at radius 1 is 1.19 bits per heavy atom. The minimum atomic E-state index is -0.489. The van der Waals surface area contributed by atoms with Crippen molar-refractivity contribution in [1.29, 1.82) is 0 Å². The van der Waals surface area contributed by atoms with Crippen molar-refractivity contribution in [2.45, 2.75) is 27.7 Å². The Morgan fingerprint density at radius 2 is 1.89 bits per heavy atom. The number of halogens is 1. The lowest BCUT2D eigenvalue weighted by molar-refractivity contribution is -0.144. The third-order valence-electron chi connectivity index (χ3n) is 6.42. The number of nitrogens with one attached hydrogen (secondary N) is 2. The van der Waals surface area contributed by atoms with Gasteiger partial charge in [-0.05, 0) is 70.9 Å². The first-order valence-corrected chi connectivity index (χ1v) is 12.4. The summed E-state index contributed by atoms with van der Waals surface area (Å²) >= 11 is 0. The third kappa shape index (κ3) is 6.44. The van der Waals surface area contributed by atoms with Crippen LogP contribution in [0.15, 0.2) is 18.2 Å². The summed E-state index contributed by atoms with van der Waals surface area (Å²) in [6.45, 7) is 10.6. The third-order valence-corrected chi connectivity index (χ3v) is 6.42. The van der Waals surface area contributed by atoms with E-state index < -0.39 is 17.7 Å². The molecule has 0 fully saturated rings. The molecule has 2 N–H and O–H groups in total. The zero-order valence-corrected chi connectivity index (χ0v) is 22.4. The zero-order chi connectivity index (χ0) is 27.3. The Morgan fingerprint density at radius 3 is 2.54 bits per heavy atom. The molecule has 1 aromatic heterocycles. The molecule has 1 aromatic carbocycles. The number of aromatic amines is 1. The molecule has 0 atom stereocenters. The molecule has 2 heterocycles. The summed E-state index contributed by atoms with van der Waals surface area (Å²) in [5.41, 5.74) is 3.55. The van der Waals surface area contributed by atoms with Crippen LogP contribution in [-0.4, -0.2) is 86.1 Å². The first kappa shape index (κ1) is 28.1. The monoisotopic (exact) mass is 513 g/mol. The molecule has 37 heavy (non-hydrogen) atoms. The molecule has 0 saturated heterocycles. The van der Waals surface area contributed by atoms with Crippen molar-refractivity contribution in [2.24, 2.45) is 0 Å². The molecule has 2 amide bonds. The van der Waals surface area contributed by atoms with Gasteiger partial charge in [0.05, 0.1) is 23.4 Å². The number of likely N-dealkylation sites (N-methyl/N-ethyl adjacent to an activating group) is 2. The number of fused-ring (bicyclic) bond motifs is 1. The number of H-pyrrole nitrogens is 1. The summed E-state index contributed by atoms with van der Waals surface area (Å²) in [5, 5.41) is 2.97. The number of ether oxygens (including phenoxy) is 1. The highest BCUT2D eigenvalue weighted by atomic mass is 19.1. The number of amides is 2. The van der Waals surface area contributed by atoms with Crippen LogP contribution in [0, 0.1) is 19.7 Å². The van der Waals surface area contributed by atoms with Gasteiger partial charge in [-0.3, -0.25) is 24.2 Å². The molecule has 0 radical (unpaired) electrons. The summed E-state index contributed by atoms with van der Waals surface area (Å²) < 4.78 is 19.4. The number of nitrogens with zero attached hydrogens (tertiary/aromatic N) is 3. The lowest BCUT2D eigenvalue weighted by atomic mass is 10.0. The van der Waals surface area contributed by atoms with Gasteiger partial charge in [-0.1, -0.05) is 13.8 Å². The zero-order valence-electron chi connectivity index (χ0n) is 22.4. The summed E-state index contributed by atoms with van der Waals surface area (Å²) in [4.78, 5) is 46.7. The number of rotatable bonds is 11. The lowest BCUT2D eigenvalue weighted by Gasteiger charge is -2.18. The number of carbonyl (C=O) groups excluding carboxylic acids is 3. The maximum absolute atomic E-state index is 14.2. The van der Waals surface area contributed by atoms with Crippen LogP contribution in [0.5, 0.6) is 0 Å². The molecule has 200 valence electrons. The Labute approximate surface area is 217 Å². The van der Waals surface area contributed by atoms with Crippen molar-refractivity contribution < 1.29 is 23.5 Å². The fourth-order valence-corrected chi connectivity index (χ4v) is 4.40. The standard InChI is InChI=1S/C27H36FN5O4/c1-7-32(8-2)12-11-29-26(35)25-17(3)22(30-18(25)4)14-21-20-13-19(28)9-10-23(20)33(27(21)36)16-37-24(34)15-31(5)6/h9-10,13-14,30H,7-8,11-12,15-16H2,1-6H3,(H,29,35)/b21-14-. The van der Waals surface area contributed by atoms with E-state index >= 15 is 0 Å². The molecule has 0 aliphatic carbocycles. The number of hydrogen-bond acceptors (Lipinski definition) is 6. The largest absolute Gasteiger partial charge is 0.443 e. The summed E-state index contributed by atoms with van der Waals surface area (Å²) in [5.74, 6) is -1.58. The second-order valence-electron chi connectivity index (χ2n) is 9.28. The topological polar surface area (TPSA) is 98.0 Å². The molecule has 9 nitrogen and oxygen atoms in total.